The number of ketones is 1. The summed E-state index contributed by atoms with van der Waals surface area (Å²) >= 11 is 3.12. The number of carboxylic acids is 1. The lowest BCUT2D eigenvalue weighted by Crippen LogP contribution is -2.28. The van der Waals surface area contributed by atoms with Gasteiger partial charge >= 0.3 is 5.97 Å². The summed E-state index contributed by atoms with van der Waals surface area (Å²) in [6.07, 6.45) is 0.952. The maximum absolute atomic E-state index is 13.5. The van der Waals surface area contributed by atoms with E-state index in [1.54, 1.807) is 6.92 Å². The molecule has 2 N–H and O–H groups in total. The molecule has 1 aromatic carbocycles. The first-order valence-corrected chi connectivity index (χ1v) is 7.61. The van der Waals surface area contributed by atoms with Crippen LogP contribution in [0.5, 0.6) is 0 Å². The summed E-state index contributed by atoms with van der Waals surface area (Å²) in [5.41, 5.74) is 2.51. The van der Waals surface area contributed by atoms with Crippen LogP contribution in [0.4, 0.5) is 4.39 Å². The molecule has 1 heterocycles. The van der Waals surface area contributed by atoms with Gasteiger partial charge in [0.25, 0.3) is 0 Å². The van der Waals surface area contributed by atoms with Gasteiger partial charge in [0, 0.05) is 29.3 Å². The molecule has 0 saturated carbocycles. The van der Waals surface area contributed by atoms with E-state index in [1.807, 2.05) is 0 Å². The summed E-state index contributed by atoms with van der Waals surface area (Å²) in [5, 5.41) is 12.6. The Hall–Kier alpha value is -1.95. The molecule has 6 heteroatoms. The van der Waals surface area contributed by atoms with E-state index in [-0.39, 0.29) is 15.8 Å². The van der Waals surface area contributed by atoms with Gasteiger partial charge in [-0.05, 0) is 47.0 Å². The van der Waals surface area contributed by atoms with Crippen molar-refractivity contribution < 1.29 is 19.1 Å². The lowest BCUT2D eigenvalue weighted by molar-refractivity contribution is -0.133. The molecule has 1 aliphatic heterocycles. The first-order valence-electron chi connectivity index (χ1n) is 6.82. The zero-order valence-electron chi connectivity index (χ0n) is 11.7. The quantitative estimate of drug-likeness (QED) is 0.844. The van der Waals surface area contributed by atoms with Crippen LogP contribution in [0.15, 0.2) is 45.2 Å². The van der Waals surface area contributed by atoms with Crippen molar-refractivity contribution in [2.24, 2.45) is 0 Å². The van der Waals surface area contributed by atoms with Gasteiger partial charge < -0.3 is 10.4 Å². The molecular formula is C16H13BrFNO3. The fraction of sp³-hybridized carbons (Fsp3) is 0.250. The van der Waals surface area contributed by atoms with Crippen LogP contribution < -0.4 is 5.32 Å². The first kappa shape index (κ1) is 15.0. The lowest BCUT2D eigenvalue weighted by Gasteiger charge is -2.28. The van der Waals surface area contributed by atoms with Crippen LogP contribution >= 0.6 is 15.9 Å². The maximum Gasteiger partial charge on any atom is 0.334 e. The highest BCUT2D eigenvalue weighted by molar-refractivity contribution is 9.10. The maximum atomic E-state index is 13.5. The summed E-state index contributed by atoms with van der Waals surface area (Å²) in [6.45, 7) is 1.68. The molecular weight excluding hydrogens is 353 g/mol. The van der Waals surface area contributed by atoms with Gasteiger partial charge in [0.1, 0.15) is 5.82 Å². The van der Waals surface area contributed by atoms with Crippen LogP contribution in [-0.4, -0.2) is 16.9 Å². The molecule has 1 aliphatic carbocycles. The standard InChI is InChI=1S/C16H13BrFNO3/c1-7-13(16(21)22)14(8-2-3-10(18)9(17)6-8)15-11(19-7)4-5-12(15)20/h2-3,6,14,19H,4-5H2,1H3,(H,21,22). The van der Waals surface area contributed by atoms with Crippen LogP contribution in [0.3, 0.4) is 0 Å². The molecule has 0 fully saturated rings. The Bertz CT molecular complexity index is 765. The number of aliphatic carboxylic acids is 1. The van der Waals surface area contributed by atoms with Gasteiger partial charge in [-0.1, -0.05) is 6.07 Å². The molecule has 114 valence electrons. The lowest BCUT2D eigenvalue weighted by atomic mass is 9.80. The molecule has 3 rings (SSSR count). The monoisotopic (exact) mass is 365 g/mol. The molecule has 4 nitrogen and oxygen atoms in total. The molecule has 1 aromatic rings. The number of nitrogens with one attached hydrogen (secondary N) is 1. The minimum atomic E-state index is -1.08. The number of hydrogen-bond donors (Lipinski definition) is 2. The van der Waals surface area contributed by atoms with Crippen molar-refractivity contribution >= 4 is 27.7 Å². The fourth-order valence-corrected chi connectivity index (χ4v) is 3.50. The van der Waals surface area contributed by atoms with Gasteiger partial charge in [-0.3, -0.25) is 4.79 Å². The van der Waals surface area contributed by atoms with Crippen LogP contribution in [0.25, 0.3) is 0 Å². The van der Waals surface area contributed by atoms with Gasteiger partial charge in [0.15, 0.2) is 5.78 Å². The fourth-order valence-electron chi connectivity index (χ4n) is 3.10. The molecule has 0 aromatic heterocycles. The van der Waals surface area contributed by atoms with E-state index in [2.05, 4.69) is 21.2 Å². The zero-order chi connectivity index (χ0) is 16.0. The Balaban J connectivity index is 2.21. The van der Waals surface area contributed by atoms with Crippen LogP contribution in [-0.2, 0) is 9.59 Å². The minimum Gasteiger partial charge on any atom is -0.478 e. The molecule has 1 atom stereocenters. The Kier molecular flexibility index (Phi) is 3.64. The van der Waals surface area contributed by atoms with Crippen molar-refractivity contribution in [1.29, 1.82) is 0 Å². The summed E-state index contributed by atoms with van der Waals surface area (Å²) in [4.78, 5) is 23.9. The highest BCUT2D eigenvalue weighted by Gasteiger charge is 2.39. The Morgan fingerprint density at radius 1 is 1.41 bits per heavy atom. The molecule has 0 bridgehead atoms. The van der Waals surface area contributed by atoms with E-state index in [4.69, 9.17) is 0 Å². The summed E-state index contributed by atoms with van der Waals surface area (Å²) in [7, 11) is 0. The van der Waals surface area contributed by atoms with E-state index >= 15 is 0 Å². The van der Waals surface area contributed by atoms with Crippen LogP contribution in [0.2, 0.25) is 0 Å². The number of carbonyl (C=O) groups is 2. The van der Waals surface area contributed by atoms with Crippen molar-refractivity contribution in [3.8, 4) is 0 Å². The first-order chi connectivity index (χ1) is 10.4. The van der Waals surface area contributed by atoms with Gasteiger partial charge in [-0.15, -0.1) is 0 Å². The molecule has 0 amide bonds. The zero-order valence-corrected chi connectivity index (χ0v) is 13.3. The molecule has 22 heavy (non-hydrogen) atoms. The van der Waals surface area contributed by atoms with Gasteiger partial charge in [0.05, 0.1) is 10.0 Å². The minimum absolute atomic E-state index is 0.0563. The van der Waals surface area contributed by atoms with E-state index in [0.717, 1.165) is 5.70 Å². The number of carbonyl (C=O) groups excluding carboxylic acids is 1. The van der Waals surface area contributed by atoms with Crippen molar-refractivity contribution in [2.75, 3.05) is 0 Å². The Morgan fingerprint density at radius 3 is 2.77 bits per heavy atom. The number of allylic oxidation sites excluding steroid dienone is 3. The highest BCUT2D eigenvalue weighted by atomic mass is 79.9. The predicted molar refractivity (Wildman–Crippen MR) is 81.6 cm³/mol. The van der Waals surface area contributed by atoms with E-state index < -0.39 is 17.7 Å². The highest BCUT2D eigenvalue weighted by Crippen LogP contribution is 2.43. The third-order valence-electron chi connectivity index (χ3n) is 4.05. The number of carboxylic acid groups (broad SMARTS) is 1. The van der Waals surface area contributed by atoms with Crippen molar-refractivity contribution in [3.05, 3.63) is 56.6 Å². The second-order valence-corrected chi connectivity index (χ2v) is 6.25. The molecule has 0 saturated heterocycles. The number of rotatable bonds is 2. The van der Waals surface area contributed by atoms with E-state index in [0.29, 0.717) is 29.7 Å². The summed E-state index contributed by atoms with van der Waals surface area (Å²) < 4.78 is 13.7. The molecule has 2 aliphatic rings. The normalized spacial score (nSPS) is 21.0. The van der Waals surface area contributed by atoms with Crippen molar-refractivity contribution in [2.45, 2.75) is 25.7 Å². The number of Topliss-reactive ketones (excluding diaryl/α,β-unsaturated/α-hetero) is 1. The van der Waals surface area contributed by atoms with Crippen molar-refractivity contribution in [1.82, 2.24) is 5.32 Å². The third-order valence-corrected chi connectivity index (χ3v) is 4.66. The number of hydrogen-bond acceptors (Lipinski definition) is 3. The van der Waals surface area contributed by atoms with E-state index in [1.165, 1.54) is 18.2 Å². The SMILES string of the molecule is CC1=C(C(=O)O)C(c2ccc(F)c(Br)c2)C2=C(CCC2=O)N1. The third kappa shape index (κ3) is 2.27. The smallest absolute Gasteiger partial charge is 0.334 e. The number of benzene rings is 1. The van der Waals surface area contributed by atoms with Crippen molar-refractivity contribution in [3.63, 3.8) is 0 Å². The predicted octanol–water partition coefficient (Wildman–Crippen LogP) is 3.25. The summed E-state index contributed by atoms with van der Waals surface area (Å²) in [6, 6.07) is 4.34. The van der Waals surface area contributed by atoms with Gasteiger partial charge in [0.2, 0.25) is 0 Å². The Labute approximate surface area is 134 Å². The van der Waals surface area contributed by atoms with Crippen LogP contribution in [0, 0.1) is 5.82 Å². The second-order valence-electron chi connectivity index (χ2n) is 5.39. The molecule has 0 spiro atoms. The number of dihydropyridines is 1. The summed E-state index contributed by atoms with van der Waals surface area (Å²) in [5.74, 6) is -2.23. The van der Waals surface area contributed by atoms with E-state index in [9.17, 15) is 19.1 Å². The molecule has 0 radical (unpaired) electrons. The van der Waals surface area contributed by atoms with Gasteiger partial charge in [-0.25, -0.2) is 9.18 Å². The average molecular weight is 366 g/mol. The number of halogens is 2. The topological polar surface area (TPSA) is 66.4 Å². The average Bonchev–Trinajstić information content (AvgIpc) is 2.81. The second kappa shape index (κ2) is 5.35. The molecule has 1 unspecified atom stereocenters. The largest absolute Gasteiger partial charge is 0.478 e. The Morgan fingerprint density at radius 2 is 2.14 bits per heavy atom. The van der Waals surface area contributed by atoms with Gasteiger partial charge in [-0.2, -0.15) is 0 Å². The van der Waals surface area contributed by atoms with Crippen LogP contribution in [0.1, 0.15) is 31.2 Å².